The van der Waals surface area contributed by atoms with Crippen LogP contribution in [0.2, 0.25) is 0 Å². The number of nitrogens with two attached hydrogens (primary N) is 2. The van der Waals surface area contributed by atoms with Crippen LogP contribution < -0.4 is 11.5 Å². The van der Waals surface area contributed by atoms with Gasteiger partial charge in [0.05, 0.1) is 11.1 Å². The van der Waals surface area contributed by atoms with Gasteiger partial charge < -0.3 is 11.5 Å². The maximum absolute atomic E-state index is 13.9. The van der Waals surface area contributed by atoms with E-state index in [4.69, 9.17) is 11.5 Å². The Morgan fingerprint density at radius 1 is 1.25 bits per heavy atom. The molecule has 1 aromatic rings. The van der Waals surface area contributed by atoms with Gasteiger partial charge in [-0.3, -0.25) is 4.90 Å². The fourth-order valence-corrected chi connectivity index (χ4v) is 3.86. The van der Waals surface area contributed by atoms with Crippen molar-refractivity contribution in [3.8, 4) is 0 Å². The number of likely N-dealkylation sites (N-methyl/N-ethyl adjacent to an activating group) is 1. The smallest absolute Gasteiger partial charge is 0.135 e. The summed E-state index contributed by atoms with van der Waals surface area (Å²) in [6.07, 6.45) is 4.30. The molecule has 1 aliphatic carbocycles. The standard InChI is InChI=1S/C19H27F2N3/c1-12(2)19(24(3)4)10-6-7-13(18(19)23)11-16(22)17-14(20)8-5-9-15(17)21/h5,8-9,11-12H,6-7,10,22-23H2,1-4H3/b16-11-. The monoisotopic (exact) mass is 335 g/mol. The van der Waals surface area contributed by atoms with Gasteiger partial charge in [0, 0.05) is 11.4 Å². The summed E-state index contributed by atoms with van der Waals surface area (Å²) in [6, 6.07) is 3.73. The summed E-state index contributed by atoms with van der Waals surface area (Å²) >= 11 is 0. The molecule has 1 unspecified atom stereocenters. The Hall–Kier alpha value is -1.88. The zero-order valence-corrected chi connectivity index (χ0v) is 14.9. The molecule has 4 N–H and O–H groups in total. The van der Waals surface area contributed by atoms with Crippen LogP contribution >= 0.6 is 0 Å². The molecular weight excluding hydrogens is 308 g/mol. The highest BCUT2D eigenvalue weighted by atomic mass is 19.1. The van der Waals surface area contributed by atoms with Crippen molar-refractivity contribution in [2.75, 3.05) is 14.1 Å². The van der Waals surface area contributed by atoms with Crippen LogP contribution in [0.1, 0.15) is 38.7 Å². The molecule has 2 rings (SSSR count). The molecule has 0 radical (unpaired) electrons. The van der Waals surface area contributed by atoms with E-state index in [0.29, 0.717) is 5.92 Å². The normalized spacial score (nSPS) is 22.6. The van der Waals surface area contributed by atoms with E-state index >= 15 is 0 Å². The van der Waals surface area contributed by atoms with Crippen LogP contribution in [0.25, 0.3) is 5.70 Å². The quantitative estimate of drug-likeness (QED) is 0.884. The fraction of sp³-hybridized carbons (Fsp3) is 0.474. The van der Waals surface area contributed by atoms with E-state index in [9.17, 15) is 8.78 Å². The van der Waals surface area contributed by atoms with Crippen molar-refractivity contribution in [2.24, 2.45) is 17.4 Å². The summed E-state index contributed by atoms with van der Waals surface area (Å²) < 4.78 is 27.9. The third-order valence-corrected chi connectivity index (χ3v) is 5.15. The lowest BCUT2D eigenvalue weighted by Crippen LogP contribution is -2.54. The molecule has 0 bridgehead atoms. The van der Waals surface area contributed by atoms with E-state index in [1.165, 1.54) is 18.2 Å². The zero-order valence-electron chi connectivity index (χ0n) is 14.9. The lowest BCUT2D eigenvalue weighted by Gasteiger charge is -2.47. The highest BCUT2D eigenvalue weighted by Gasteiger charge is 2.41. The average molecular weight is 335 g/mol. The number of rotatable bonds is 4. The Bertz CT molecular complexity index is 647. The third kappa shape index (κ3) is 3.05. The minimum Gasteiger partial charge on any atom is -0.400 e. The van der Waals surface area contributed by atoms with Crippen LogP contribution in [0.15, 0.2) is 35.5 Å². The SMILES string of the molecule is CC(C)C1(N(C)C)CCCC(/C=C(\N)c2c(F)cccc2F)=C1N. The molecule has 1 aromatic carbocycles. The Morgan fingerprint density at radius 2 is 1.83 bits per heavy atom. The minimum absolute atomic E-state index is 0.0712. The van der Waals surface area contributed by atoms with Gasteiger partial charge in [0.15, 0.2) is 0 Å². The Kier molecular flexibility index (Phi) is 5.33. The molecule has 0 saturated heterocycles. The third-order valence-electron chi connectivity index (χ3n) is 5.15. The second-order valence-electron chi connectivity index (χ2n) is 6.96. The van der Waals surface area contributed by atoms with Crippen molar-refractivity contribution < 1.29 is 8.78 Å². The van der Waals surface area contributed by atoms with Crippen molar-refractivity contribution in [3.63, 3.8) is 0 Å². The summed E-state index contributed by atoms with van der Waals surface area (Å²) in [5.41, 5.74) is 13.7. The summed E-state index contributed by atoms with van der Waals surface area (Å²) in [5.74, 6) is -1.02. The topological polar surface area (TPSA) is 55.3 Å². The maximum atomic E-state index is 13.9. The van der Waals surface area contributed by atoms with Crippen LogP contribution in [0.5, 0.6) is 0 Å². The van der Waals surface area contributed by atoms with Crippen molar-refractivity contribution in [1.82, 2.24) is 4.90 Å². The van der Waals surface area contributed by atoms with Gasteiger partial charge >= 0.3 is 0 Å². The predicted molar refractivity (Wildman–Crippen MR) is 94.8 cm³/mol. The van der Waals surface area contributed by atoms with Crippen LogP contribution in [-0.2, 0) is 0 Å². The molecule has 0 aliphatic heterocycles. The number of halogens is 2. The predicted octanol–water partition coefficient (Wildman–Crippen LogP) is 3.62. The second-order valence-corrected chi connectivity index (χ2v) is 6.96. The fourth-order valence-electron chi connectivity index (χ4n) is 3.86. The van der Waals surface area contributed by atoms with Crippen LogP contribution in [0.4, 0.5) is 8.78 Å². The zero-order chi connectivity index (χ0) is 18.1. The number of hydrogen-bond acceptors (Lipinski definition) is 3. The molecule has 0 fully saturated rings. The Morgan fingerprint density at radius 3 is 2.33 bits per heavy atom. The first-order valence-electron chi connectivity index (χ1n) is 8.30. The lowest BCUT2D eigenvalue weighted by molar-refractivity contribution is 0.111. The van der Waals surface area contributed by atoms with Gasteiger partial charge in [-0.25, -0.2) is 8.78 Å². The molecule has 0 spiro atoms. The lowest BCUT2D eigenvalue weighted by atomic mass is 9.72. The molecule has 0 amide bonds. The van der Waals surface area contributed by atoms with Crippen molar-refractivity contribution in [3.05, 3.63) is 52.7 Å². The Balaban J connectivity index is 2.54. The molecular formula is C19H27F2N3. The van der Waals surface area contributed by atoms with Gasteiger partial charge in [-0.2, -0.15) is 0 Å². The highest BCUT2D eigenvalue weighted by Crippen LogP contribution is 2.40. The van der Waals surface area contributed by atoms with Crippen molar-refractivity contribution in [1.29, 1.82) is 0 Å². The molecule has 132 valence electrons. The summed E-state index contributed by atoms with van der Waals surface area (Å²) in [6.45, 7) is 4.28. The van der Waals surface area contributed by atoms with Gasteiger partial charge in [0.25, 0.3) is 0 Å². The highest BCUT2D eigenvalue weighted by molar-refractivity contribution is 5.67. The van der Waals surface area contributed by atoms with Crippen molar-refractivity contribution >= 4 is 5.70 Å². The minimum atomic E-state index is -0.665. The molecule has 0 heterocycles. The van der Waals surface area contributed by atoms with Gasteiger partial charge in [0.1, 0.15) is 11.6 Å². The molecule has 24 heavy (non-hydrogen) atoms. The largest absolute Gasteiger partial charge is 0.400 e. The number of benzene rings is 1. The molecule has 0 saturated carbocycles. The molecule has 0 aromatic heterocycles. The molecule has 5 heteroatoms. The van der Waals surface area contributed by atoms with Crippen LogP contribution in [0, 0.1) is 17.6 Å². The van der Waals surface area contributed by atoms with E-state index in [2.05, 4.69) is 18.7 Å². The van der Waals surface area contributed by atoms with Crippen LogP contribution in [0.3, 0.4) is 0 Å². The number of hydrogen-bond donors (Lipinski definition) is 2. The summed E-state index contributed by atoms with van der Waals surface area (Å²) in [7, 11) is 4.03. The van der Waals surface area contributed by atoms with E-state index < -0.39 is 11.6 Å². The second kappa shape index (κ2) is 6.93. The van der Waals surface area contributed by atoms with Gasteiger partial charge in [0.2, 0.25) is 0 Å². The molecule has 3 nitrogen and oxygen atoms in total. The van der Waals surface area contributed by atoms with Gasteiger partial charge in [-0.15, -0.1) is 0 Å². The van der Waals surface area contributed by atoms with E-state index in [1.54, 1.807) is 6.08 Å². The maximum Gasteiger partial charge on any atom is 0.135 e. The summed E-state index contributed by atoms with van der Waals surface area (Å²) in [4.78, 5) is 2.14. The Labute approximate surface area is 143 Å². The summed E-state index contributed by atoms with van der Waals surface area (Å²) in [5, 5.41) is 0. The van der Waals surface area contributed by atoms with E-state index in [1.807, 2.05) is 14.1 Å². The molecule has 1 aliphatic rings. The average Bonchev–Trinajstić information content (AvgIpc) is 2.48. The first-order valence-corrected chi connectivity index (χ1v) is 8.30. The first kappa shape index (κ1) is 18.5. The van der Waals surface area contributed by atoms with E-state index in [-0.39, 0.29) is 16.8 Å². The van der Waals surface area contributed by atoms with Gasteiger partial charge in [-0.1, -0.05) is 19.9 Å². The van der Waals surface area contributed by atoms with Gasteiger partial charge in [-0.05, 0) is 63.1 Å². The molecule has 1 atom stereocenters. The van der Waals surface area contributed by atoms with E-state index in [0.717, 1.165) is 30.5 Å². The number of allylic oxidation sites excluding steroid dienone is 2. The number of nitrogens with zero attached hydrogens (tertiary/aromatic N) is 1. The van der Waals surface area contributed by atoms with Crippen molar-refractivity contribution in [2.45, 2.75) is 38.6 Å². The first-order chi connectivity index (χ1) is 11.2. The van der Waals surface area contributed by atoms with Crippen LogP contribution in [-0.4, -0.2) is 24.5 Å².